The molecule has 0 bridgehead atoms. The molecule has 4 heteroatoms. The molecule has 0 radical (unpaired) electrons. The Morgan fingerprint density at radius 1 is 1.06 bits per heavy atom. The van der Waals surface area contributed by atoms with Gasteiger partial charge in [0.25, 0.3) is 0 Å². The Morgan fingerprint density at radius 3 is 2.28 bits per heavy atom. The zero-order valence-corrected chi connectivity index (χ0v) is 12.0. The third kappa shape index (κ3) is 5.65. The summed E-state index contributed by atoms with van der Waals surface area (Å²) < 4.78 is 0. The van der Waals surface area contributed by atoms with Crippen LogP contribution in [0.15, 0.2) is 0 Å². The van der Waals surface area contributed by atoms with Crippen LogP contribution in [0.3, 0.4) is 0 Å². The Hall–Kier alpha value is -0.160. The van der Waals surface area contributed by atoms with E-state index in [1.165, 1.54) is 52.0 Å². The van der Waals surface area contributed by atoms with Gasteiger partial charge < -0.3 is 15.7 Å². The molecule has 1 heterocycles. The minimum Gasteiger partial charge on any atom is -0.396 e. The van der Waals surface area contributed by atoms with Crippen molar-refractivity contribution in [2.75, 3.05) is 45.9 Å². The summed E-state index contributed by atoms with van der Waals surface area (Å²) in [6.07, 6.45) is 5.82. The fraction of sp³-hybridized carbons (Fsp3) is 1.00. The average molecular weight is 257 g/mol. The maximum absolute atomic E-state index is 8.72. The topological polar surface area (TPSA) is 52.7 Å². The number of hydrogen-bond donors (Lipinski definition) is 2. The summed E-state index contributed by atoms with van der Waals surface area (Å²) in [5, 5.41) is 8.72. The molecule has 0 spiro atoms. The number of piperazine rings is 1. The first kappa shape index (κ1) is 15.9. The number of rotatable bonds is 9. The standard InChI is InChI=1S/C14H31N3O/c1-2-14(13-15)17-10-8-16(9-11-17)7-5-3-4-6-12-18/h14,18H,2-13,15H2,1H3. The van der Waals surface area contributed by atoms with Gasteiger partial charge in [-0.25, -0.2) is 0 Å². The van der Waals surface area contributed by atoms with Crippen molar-refractivity contribution in [2.45, 2.75) is 45.1 Å². The molecule has 18 heavy (non-hydrogen) atoms. The molecule has 1 unspecified atom stereocenters. The fourth-order valence-electron chi connectivity index (χ4n) is 2.73. The van der Waals surface area contributed by atoms with Gasteiger partial charge in [-0.05, 0) is 25.8 Å². The van der Waals surface area contributed by atoms with E-state index in [1.54, 1.807) is 0 Å². The lowest BCUT2D eigenvalue weighted by Crippen LogP contribution is -2.52. The van der Waals surface area contributed by atoms with E-state index < -0.39 is 0 Å². The van der Waals surface area contributed by atoms with Gasteiger partial charge in [0.05, 0.1) is 0 Å². The Kier molecular flexibility index (Phi) is 8.59. The molecule has 1 rings (SSSR count). The number of nitrogens with zero attached hydrogens (tertiary/aromatic N) is 2. The van der Waals surface area contributed by atoms with Crippen molar-refractivity contribution in [3.8, 4) is 0 Å². The molecule has 1 aliphatic rings. The van der Waals surface area contributed by atoms with Crippen molar-refractivity contribution in [1.82, 2.24) is 9.80 Å². The summed E-state index contributed by atoms with van der Waals surface area (Å²) in [4.78, 5) is 5.11. The molecule has 0 amide bonds. The van der Waals surface area contributed by atoms with E-state index in [0.717, 1.165) is 19.4 Å². The number of aliphatic hydroxyl groups excluding tert-OH is 1. The normalized spacial score (nSPS) is 20.2. The molecule has 1 saturated heterocycles. The number of hydrogen-bond acceptors (Lipinski definition) is 4. The van der Waals surface area contributed by atoms with Crippen molar-refractivity contribution < 1.29 is 5.11 Å². The van der Waals surface area contributed by atoms with Crippen LogP contribution < -0.4 is 5.73 Å². The van der Waals surface area contributed by atoms with Crippen LogP contribution in [0.25, 0.3) is 0 Å². The third-order valence-electron chi connectivity index (χ3n) is 4.05. The highest BCUT2D eigenvalue weighted by molar-refractivity contribution is 4.78. The summed E-state index contributed by atoms with van der Waals surface area (Å²) in [7, 11) is 0. The summed E-state index contributed by atoms with van der Waals surface area (Å²) in [5.41, 5.74) is 5.80. The summed E-state index contributed by atoms with van der Waals surface area (Å²) in [6, 6.07) is 0.580. The first-order valence-electron chi connectivity index (χ1n) is 7.59. The summed E-state index contributed by atoms with van der Waals surface area (Å²) in [5.74, 6) is 0. The van der Waals surface area contributed by atoms with E-state index in [9.17, 15) is 0 Å². The lowest BCUT2D eigenvalue weighted by molar-refractivity contribution is 0.0955. The molecule has 1 fully saturated rings. The zero-order chi connectivity index (χ0) is 13.2. The number of aliphatic hydroxyl groups is 1. The number of unbranched alkanes of at least 4 members (excludes halogenated alkanes) is 3. The quantitative estimate of drug-likeness (QED) is 0.603. The van der Waals surface area contributed by atoms with Gasteiger partial charge in [-0.1, -0.05) is 19.8 Å². The van der Waals surface area contributed by atoms with E-state index in [0.29, 0.717) is 12.6 Å². The molecule has 4 nitrogen and oxygen atoms in total. The monoisotopic (exact) mass is 257 g/mol. The first-order chi connectivity index (χ1) is 8.81. The van der Waals surface area contributed by atoms with Gasteiger partial charge in [0, 0.05) is 45.4 Å². The Labute approximate surface area is 112 Å². The minimum absolute atomic E-state index is 0.343. The van der Waals surface area contributed by atoms with Crippen molar-refractivity contribution in [2.24, 2.45) is 5.73 Å². The van der Waals surface area contributed by atoms with Crippen molar-refractivity contribution in [3.63, 3.8) is 0 Å². The molecule has 0 saturated carbocycles. The second kappa shape index (κ2) is 9.73. The highest BCUT2D eigenvalue weighted by Gasteiger charge is 2.21. The molecule has 108 valence electrons. The van der Waals surface area contributed by atoms with Crippen LogP contribution in [-0.2, 0) is 0 Å². The lowest BCUT2D eigenvalue weighted by atomic mass is 10.1. The predicted molar refractivity (Wildman–Crippen MR) is 76.7 cm³/mol. The molecule has 0 aliphatic carbocycles. The second-order valence-electron chi connectivity index (χ2n) is 5.31. The molecule has 1 atom stereocenters. The van der Waals surface area contributed by atoms with Crippen molar-refractivity contribution in [3.05, 3.63) is 0 Å². The zero-order valence-electron chi connectivity index (χ0n) is 12.0. The van der Waals surface area contributed by atoms with Crippen LogP contribution >= 0.6 is 0 Å². The Morgan fingerprint density at radius 2 is 1.72 bits per heavy atom. The van der Waals surface area contributed by atoms with E-state index in [1.807, 2.05) is 0 Å². The van der Waals surface area contributed by atoms with E-state index in [4.69, 9.17) is 10.8 Å². The van der Waals surface area contributed by atoms with Gasteiger partial charge in [0.15, 0.2) is 0 Å². The third-order valence-corrected chi connectivity index (χ3v) is 4.05. The van der Waals surface area contributed by atoms with Crippen molar-refractivity contribution in [1.29, 1.82) is 0 Å². The second-order valence-corrected chi connectivity index (χ2v) is 5.31. The van der Waals surface area contributed by atoms with Gasteiger partial charge in [-0.3, -0.25) is 4.90 Å². The maximum Gasteiger partial charge on any atom is 0.0431 e. The molecule has 3 N–H and O–H groups in total. The van der Waals surface area contributed by atoms with Gasteiger partial charge in [-0.2, -0.15) is 0 Å². The van der Waals surface area contributed by atoms with Gasteiger partial charge >= 0.3 is 0 Å². The van der Waals surface area contributed by atoms with Crippen LogP contribution in [0.4, 0.5) is 0 Å². The first-order valence-corrected chi connectivity index (χ1v) is 7.59. The Bertz CT molecular complexity index is 189. The highest BCUT2D eigenvalue weighted by Crippen LogP contribution is 2.09. The van der Waals surface area contributed by atoms with Crippen LogP contribution in [0, 0.1) is 0 Å². The Balaban J connectivity index is 2.08. The van der Waals surface area contributed by atoms with Gasteiger partial charge in [0.1, 0.15) is 0 Å². The largest absolute Gasteiger partial charge is 0.396 e. The molecular weight excluding hydrogens is 226 g/mol. The lowest BCUT2D eigenvalue weighted by Gasteiger charge is -2.38. The summed E-state index contributed by atoms with van der Waals surface area (Å²) >= 11 is 0. The molecule has 0 aromatic rings. The molecule has 0 aromatic carbocycles. The smallest absolute Gasteiger partial charge is 0.0431 e. The maximum atomic E-state index is 8.72. The predicted octanol–water partition coefficient (Wildman–Crippen LogP) is 0.894. The van der Waals surface area contributed by atoms with Gasteiger partial charge in [-0.15, -0.1) is 0 Å². The molecule has 0 aromatic heterocycles. The average Bonchev–Trinajstić information content (AvgIpc) is 2.41. The fourth-order valence-corrected chi connectivity index (χ4v) is 2.73. The van der Waals surface area contributed by atoms with Crippen LogP contribution in [0.1, 0.15) is 39.0 Å². The van der Waals surface area contributed by atoms with E-state index >= 15 is 0 Å². The minimum atomic E-state index is 0.343. The van der Waals surface area contributed by atoms with Gasteiger partial charge in [0.2, 0.25) is 0 Å². The van der Waals surface area contributed by atoms with Crippen molar-refractivity contribution >= 4 is 0 Å². The van der Waals surface area contributed by atoms with Crippen LogP contribution in [0.5, 0.6) is 0 Å². The SMILES string of the molecule is CCC(CN)N1CCN(CCCCCCO)CC1. The molecular formula is C14H31N3O. The van der Waals surface area contributed by atoms with Crippen LogP contribution in [-0.4, -0.2) is 66.8 Å². The number of nitrogens with two attached hydrogens (primary N) is 1. The van der Waals surface area contributed by atoms with E-state index in [2.05, 4.69) is 16.7 Å². The summed E-state index contributed by atoms with van der Waals surface area (Å²) in [6.45, 7) is 9.31. The highest BCUT2D eigenvalue weighted by atomic mass is 16.2. The molecule has 1 aliphatic heterocycles. The van der Waals surface area contributed by atoms with E-state index in [-0.39, 0.29) is 0 Å². The van der Waals surface area contributed by atoms with Crippen LogP contribution in [0.2, 0.25) is 0 Å².